The van der Waals surface area contributed by atoms with Gasteiger partial charge in [0.05, 0.1) is 6.67 Å². The van der Waals surface area contributed by atoms with E-state index in [4.69, 9.17) is 10.8 Å². The zero-order valence-electron chi connectivity index (χ0n) is 7.00. The standard InChI is InChI=1S/C9H11F2NO/c10-4-3-9(12)7-2-1-6(13)5-8(7)11/h1-2,5,9,13H,3-4,12H2/t9-/m1/s1. The molecular formula is C9H11F2NO. The Balaban J connectivity index is 2.88. The Morgan fingerprint density at radius 3 is 2.69 bits per heavy atom. The summed E-state index contributed by atoms with van der Waals surface area (Å²) in [7, 11) is 0. The van der Waals surface area contributed by atoms with Crippen molar-refractivity contribution in [3.8, 4) is 5.75 Å². The average Bonchev–Trinajstić information content (AvgIpc) is 2.04. The maximum absolute atomic E-state index is 13.1. The molecule has 1 rings (SSSR count). The Morgan fingerprint density at radius 2 is 2.15 bits per heavy atom. The van der Waals surface area contributed by atoms with E-state index < -0.39 is 18.5 Å². The Bertz CT molecular complexity index is 291. The third-order valence-corrected chi connectivity index (χ3v) is 1.80. The summed E-state index contributed by atoms with van der Waals surface area (Å²) >= 11 is 0. The van der Waals surface area contributed by atoms with Crippen LogP contribution in [0.3, 0.4) is 0 Å². The smallest absolute Gasteiger partial charge is 0.131 e. The molecule has 0 unspecified atom stereocenters. The molecule has 0 heterocycles. The van der Waals surface area contributed by atoms with Gasteiger partial charge in [0.15, 0.2) is 0 Å². The van der Waals surface area contributed by atoms with Crippen LogP contribution in [0.15, 0.2) is 18.2 Å². The molecule has 3 N–H and O–H groups in total. The lowest BCUT2D eigenvalue weighted by molar-refractivity contribution is 0.432. The molecule has 0 aliphatic carbocycles. The van der Waals surface area contributed by atoms with Gasteiger partial charge in [0.2, 0.25) is 0 Å². The largest absolute Gasteiger partial charge is 0.508 e. The van der Waals surface area contributed by atoms with Gasteiger partial charge in [-0.1, -0.05) is 6.07 Å². The quantitative estimate of drug-likeness (QED) is 0.759. The highest BCUT2D eigenvalue weighted by atomic mass is 19.1. The number of alkyl halides is 1. The van der Waals surface area contributed by atoms with E-state index in [1.165, 1.54) is 12.1 Å². The topological polar surface area (TPSA) is 46.2 Å². The van der Waals surface area contributed by atoms with E-state index in [-0.39, 0.29) is 17.7 Å². The lowest BCUT2D eigenvalue weighted by Crippen LogP contribution is -2.12. The van der Waals surface area contributed by atoms with Crippen LogP contribution < -0.4 is 5.73 Å². The van der Waals surface area contributed by atoms with Crippen LogP contribution in [0.25, 0.3) is 0 Å². The van der Waals surface area contributed by atoms with E-state index in [9.17, 15) is 8.78 Å². The Labute approximate surface area is 75.0 Å². The van der Waals surface area contributed by atoms with Gasteiger partial charge < -0.3 is 10.8 Å². The van der Waals surface area contributed by atoms with E-state index in [1.807, 2.05) is 0 Å². The summed E-state index contributed by atoms with van der Waals surface area (Å²) in [6.45, 7) is -0.582. The van der Waals surface area contributed by atoms with Crippen LogP contribution in [0.5, 0.6) is 5.75 Å². The number of hydrogen-bond acceptors (Lipinski definition) is 2. The van der Waals surface area contributed by atoms with Crippen LogP contribution in [0.4, 0.5) is 8.78 Å². The molecule has 0 aliphatic heterocycles. The number of hydrogen-bond donors (Lipinski definition) is 2. The third-order valence-electron chi connectivity index (χ3n) is 1.80. The van der Waals surface area contributed by atoms with Gasteiger partial charge in [0.25, 0.3) is 0 Å². The van der Waals surface area contributed by atoms with E-state index in [1.54, 1.807) is 0 Å². The molecule has 2 nitrogen and oxygen atoms in total. The van der Waals surface area contributed by atoms with Gasteiger partial charge in [-0.2, -0.15) is 0 Å². The lowest BCUT2D eigenvalue weighted by Gasteiger charge is -2.10. The van der Waals surface area contributed by atoms with Crippen molar-refractivity contribution >= 4 is 0 Å². The van der Waals surface area contributed by atoms with Crippen LogP contribution in [-0.2, 0) is 0 Å². The van der Waals surface area contributed by atoms with Crippen molar-refractivity contribution in [1.82, 2.24) is 0 Å². The van der Waals surface area contributed by atoms with Crippen LogP contribution in [0.2, 0.25) is 0 Å². The number of phenols is 1. The summed E-state index contributed by atoms with van der Waals surface area (Å²) in [6.07, 6.45) is 0.0850. The minimum absolute atomic E-state index is 0.0850. The molecule has 0 amide bonds. The highest BCUT2D eigenvalue weighted by Crippen LogP contribution is 2.21. The highest BCUT2D eigenvalue weighted by molar-refractivity contribution is 5.29. The summed E-state index contributed by atoms with van der Waals surface area (Å²) in [5.74, 6) is -0.755. The summed E-state index contributed by atoms with van der Waals surface area (Å²) in [5.41, 5.74) is 5.73. The molecule has 0 aromatic heterocycles. The molecule has 0 saturated heterocycles. The second-order valence-electron chi connectivity index (χ2n) is 2.79. The number of rotatable bonds is 3. The normalized spacial score (nSPS) is 12.8. The fourth-order valence-electron chi connectivity index (χ4n) is 1.09. The third kappa shape index (κ3) is 2.39. The van der Waals surface area contributed by atoms with Gasteiger partial charge >= 0.3 is 0 Å². The second-order valence-corrected chi connectivity index (χ2v) is 2.79. The van der Waals surface area contributed by atoms with E-state index >= 15 is 0 Å². The van der Waals surface area contributed by atoms with E-state index in [0.717, 1.165) is 6.07 Å². The number of benzene rings is 1. The molecule has 1 aromatic carbocycles. The molecule has 0 spiro atoms. The first kappa shape index (κ1) is 9.92. The first-order valence-electron chi connectivity index (χ1n) is 3.95. The molecular weight excluding hydrogens is 176 g/mol. The summed E-state index contributed by atoms with van der Waals surface area (Å²) in [5, 5.41) is 8.89. The second kappa shape index (κ2) is 4.18. The van der Waals surface area contributed by atoms with Crippen LogP contribution >= 0.6 is 0 Å². The van der Waals surface area contributed by atoms with Crippen molar-refractivity contribution in [2.75, 3.05) is 6.67 Å². The predicted octanol–water partition coefficient (Wildman–Crippen LogP) is 1.89. The molecule has 0 aliphatic rings. The van der Waals surface area contributed by atoms with Crippen molar-refractivity contribution < 1.29 is 13.9 Å². The maximum atomic E-state index is 13.1. The molecule has 4 heteroatoms. The van der Waals surface area contributed by atoms with Crippen LogP contribution in [-0.4, -0.2) is 11.8 Å². The fourth-order valence-corrected chi connectivity index (χ4v) is 1.09. The van der Waals surface area contributed by atoms with E-state index in [0.29, 0.717) is 0 Å². The molecule has 13 heavy (non-hydrogen) atoms. The van der Waals surface area contributed by atoms with Gasteiger partial charge in [-0.05, 0) is 12.5 Å². The SMILES string of the molecule is N[C@H](CCF)c1ccc(O)cc1F. The van der Waals surface area contributed by atoms with Gasteiger partial charge in [-0.25, -0.2) is 4.39 Å². The molecule has 72 valence electrons. The Hall–Kier alpha value is -1.16. The first-order chi connectivity index (χ1) is 6.15. The van der Waals surface area contributed by atoms with Crippen molar-refractivity contribution in [3.05, 3.63) is 29.6 Å². The number of aromatic hydroxyl groups is 1. The molecule has 0 fully saturated rings. The summed E-state index contributed by atoms with van der Waals surface area (Å²) in [6, 6.07) is 3.01. The Morgan fingerprint density at radius 1 is 1.46 bits per heavy atom. The monoisotopic (exact) mass is 187 g/mol. The minimum atomic E-state index is -0.648. The molecule has 1 aromatic rings. The Kier molecular flexibility index (Phi) is 3.19. The average molecular weight is 187 g/mol. The summed E-state index contributed by atoms with van der Waals surface area (Å²) in [4.78, 5) is 0. The molecule has 0 bridgehead atoms. The van der Waals surface area contributed by atoms with Gasteiger partial charge in [0, 0.05) is 17.7 Å². The number of halogens is 2. The van der Waals surface area contributed by atoms with Gasteiger partial charge in [0.1, 0.15) is 11.6 Å². The zero-order valence-corrected chi connectivity index (χ0v) is 7.00. The van der Waals surface area contributed by atoms with E-state index in [2.05, 4.69) is 0 Å². The van der Waals surface area contributed by atoms with Crippen molar-refractivity contribution in [3.63, 3.8) is 0 Å². The lowest BCUT2D eigenvalue weighted by atomic mass is 10.0. The summed E-state index contributed by atoms with van der Waals surface area (Å²) < 4.78 is 25.0. The molecule has 0 radical (unpaired) electrons. The number of nitrogens with two attached hydrogens (primary N) is 1. The van der Waals surface area contributed by atoms with Gasteiger partial charge in [-0.3, -0.25) is 4.39 Å². The predicted molar refractivity (Wildman–Crippen MR) is 45.6 cm³/mol. The zero-order chi connectivity index (χ0) is 9.84. The van der Waals surface area contributed by atoms with Crippen molar-refractivity contribution in [1.29, 1.82) is 0 Å². The highest BCUT2D eigenvalue weighted by Gasteiger charge is 2.11. The minimum Gasteiger partial charge on any atom is -0.508 e. The number of phenolic OH excluding ortho intramolecular Hbond substituents is 1. The van der Waals surface area contributed by atoms with Crippen LogP contribution in [0.1, 0.15) is 18.0 Å². The molecule has 0 saturated carbocycles. The van der Waals surface area contributed by atoms with Gasteiger partial charge in [-0.15, -0.1) is 0 Å². The van der Waals surface area contributed by atoms with Crippen molar-refractivity contribution in [2.45, 2.75) is 12.5 Å². The fraction of sp³-hybridized carbons (Fsp3) is 0.333. The molecule has 1 atom stereocenters. The first-order valence-corrected chi connectivity index (χ1v) is 3.95. The maximum Gasteiger partial charge on any atom is 0.131 e. The van der Waals surface area contributed by atoms with Crippen LogP contribution in [0, 0.1) is 5.82 Å². The van der Waals surface area contributed by atoms with Crippen molar-refractivity contribution in [2.24, 2.45) is 5.73 Å².